The van der Waals surface area contributed by atoms with E-state index in [0.29, 0.717) is 12.8 Å². The molecule has 1 aliphatic rings. The fraction of sp³-hybridized carbons (Fsp3) is 0.333. The van der Waals surface area contributed by atoms with E-state index in [-0.39, 0.29) is 17.0 Å². The summed E-state index contributed by atoms with van der Waals surface area (Å²) in [4.78, 5) is 30.7. The van der Waals surface area contributed by atoms with Crippen molar-refractivity contribution in [2.24, 2.45) is 11.8 Å². The normalized spacial score (nSPS) is 21.9. The van der Waals surface area contributed by atoms with Crippen molar-refractivity contribution in [2.75, 3.05) is 5.32 Å². The molecule has 0 saturated heterocycles. The second-order valence-electron chi connectivity index (χ2n) is 4.19. The van der Waals surface area contributed by atoms with Gasteiger partial charge in [0.2, 0.25) is 11.2 Å². The second-order valence-corrected chi connectivity index (χ2v) is 4.53. The highest BCUT2D eigenvalue weighted by Crippen LogP contribution is 2.27. The Hall–Kier alpha value is -1.95. The molecule has 1 heterocycles. The van der Waals surface area contributed by atoms with Crippen LogP contribution in [0.15, 0.2) is 24.4 Å². The van der Waals surface area contributed by atoms with Gasteiger partial charge >= 0.3 is 5.97 Å². The number of anilines is 1. The van der Waals surface area contributed by atoms with Crippen LogP contribution in [0.2, 0.25) is 5.28 Å². The molecule has 0 radical (unpaired) electrons. The summed E-state index contributed by atoms with van der Waals surface area (Å²) < 4.78 is 0. The van der Waals surface area contributed by atoms with E-state index in [1.165, 1.54) is 12.3 Å². The number of carboxylic acids is 1. The van der Waals surface area contributed by atoms with E-state index in [1.807, 2.05) is 6.08 Å². The maximum absolute atomic E-state index is 12.1. The molecular formula is C12H12ClN3O3. The monoisotopic (exact) mass is 281 g/mol. The van der Waals surface area contributed by atoms with E-state index in [2.05, 4.69) is 15.3 Å². The number of amides is 1. The summed E-state index contributed by atoms with van der Waals surface area (Å²) in [5.74, 6) is -2.38. The van der Waals surface area contributed by atoms with E-state index < -0.39 is 17.8 Å². The average Bonchev–Trinajstić information content (AvgIpc) is 2.38. The lowest BCUT2D eigenvalue weighted by atomic mass is 9.82. The van der Waals surface area contributed by atoms with E-state index in [0.717, 1.165) is 0 Å². The Bertz CT molecular complexity index is 533. The van der Waals surface area contributed by atoms with Gasteiger partial charge in [-0.05, 0) is 30.5 Å². The van der Waals surface area contributed by atoms with Crippen LogP contribution in [0.3, 0.4) is 0 Å². The molecular weight excluding hydrogens is 270 g/mol. The fourth-order valence-corrected chi connectivity index (χ4v) is 2.15. The Labute approximate surface area is 114 Å². The van der Waals surface area contributed by atoms with E-state index in [1.54, 1.807) is 6.08 Å². The third-order valence-electron chi connectivity index (χ3n) is 2.96. The molecule has 1 amide bonds. The summed E-state index contributed by atoms with van der Waals surface area (Å²) in [7, 11) is 0. The zero-order valence-electron chi connectivity index (χ0n) is 9.91. The van der Waals surface area contributed by atoms with Crippen LogP contribution in [0, 0.1) is 11.8 Å². The van der Waals surface area contributed by atoms with Crippen molar-refractivity contribution in [1.29, 1.82) is 0 Å². The van der Waals surface area contributed by atoms with Crippen molar-refractivity contribution in [2.45, 2.75) is 12.8 Å². The topological polar surface area (TPSA) is 92.2 Å². The van der Waals surface area contributed by atoms with Gasteiger partial charge in [0.15, 0.2) is 0 Å². The van der Waals surface area contributed by atoms with E-state index in [9.17, 15) is 9.59 Å². The van der Waals surface area contributed by atoms with Crippen molar-refractivity contribution >= 4 is 29.3 Å². The Morgan fingerprint density at radius 1 is 1.32 bits per heavy atom. The minimum atomic E-state index is -0.967. The summed E-state index contributed by atoms with van der Waals surface area (Å²) in [6.45, 7) is 0. The molecule has 1 aromatic heterocycles. The number of aliphatic carboxylic acids is 1. The molecule has 6 nitrogen and oxygen atoms in total. The number of carbonyl (C=O) groups excluding carboxylic acids is 1. The molecule has 1 aromatic rings. The Kier molecular flexibility index (Phi) is 4.11. The lowest BCUT2D eigenvalue weighted by molar-refractivity contribution is -0.146. The van der Waals surface area contributed by atoms with Crippen LogP contribution in [-0.4, -0.2) is 27.0 Å². The maximum Gasteiger partial charge on any atom is 0.307 e. The summed E-state index contributed by atoms with van der Waals surface area (Å²) in [6, 6.07) is 1.50. The lowest BCUT2D eigenvalue weighted by Crippen LogP contribution is -2.34. The first-order chi connectivity index (χ1) is 9.08. The zero-order valence-corrected chi connectivity index (χ0v) is 10.7. The number of rotatable bonds is 3. The van der Waals surface area contributed by atoms with Crippen LogP contribution >= 0.6 is 11.6 Å². The van der Waals surface area contributed by atoms with Gasteiger partial charge < -0.3 is 10.4 Å². The van der Waals surface area contributed by atoms with Gasteiger partial charge in [-0.2, -0.15) is 0 Å². The molecule has 19 heavy (non-hydrogen) atoms. The number of carboxylic acid groups (broad SMARTS) is 1. The molecule has 0 aromatic carbocycles. The van der Waals surface area contributed by atoms with Crippen LogP contribution in [-0.2, 0) is 9.59 Å². The lowest BCUT2D eigenvalue weighted by Gasteiger charge is -2.23. The Balaban J connectivity index is 2.10. The highest BCUT2D eigenvalue weighted by Gasteiger charge is 2.34. The van der Waals surface area contributed by atoms with Crippen molar-refractivity contribution in [3.63, 3.8) is 0 Å². The quantitative estimate of drug-likeness (QED) is 0.650. The van der Waals surface area contributed by atoms with Gasteiger partial charge in [0.05, 0.1) is 11.8 Å². The minimum Gasteiger partial charge on any atom is -0.481 e. The van der Waals surface area contributed by atoms with Crippen LogP contribution < -0.4 is 5.32 Å². The first-order valence-electron chi connectivity index (χ1n) is 5.75. The largest absolute Gasteiger partial charge is 0.481 e. The molecule has 2 unspecified atom stereocenters. The SMILES string of the molecule is O=C(O)C1CC=CCC1C(=O)Nc1ccnc(Cl)n1. The van der Waals surface area contributed by atoms with Gasteiger partial charge in [-0.1, -0.05) is 12.2 Å². The van der Waals surface area contributed by atoms with Gasteiger partial charge in [-0.3, -0.25) is 9.59 Å². The van der Waals surface area contributed by atoms with Crippen molar-refractivity contribution in [1.82, 2.24) is 9.97 Å². The Morgan fingerprint density at radius 2 is 2.00 bits per heavy atom. The number of halogens is 1. The van der Waals surface area contributed by atoms with Crippen LogP contribution in [0.5, 0.6) is 0 Å². The highest BCUT2D eigenvalue weighted by molar-refractivity contribution is 6.28. The number of carbonyl (C=O) groups is 2. The number of allylic oxidation sites excluding steroid dienone is 2. The smallest absolute Gasteiger partial charge is 0.307 e. The summed E-state index contributed by atoms with van der Waals surface area (Å²) >= 11 is 5.61. The fourth-order valence-electron chi connectivity index (χ4n) is 2.00. The number of hydrogen-bond donors (Lipinski definition) is 2. The zero-order chi connectivity index (χ0) is 13.8. The minimum absolute atomic E-state index is 0.0242. The van der Waals surface area contributed by atoms with Crippen molar-refractivity contribution in [3.05, 3.63) is 29.7 Å². The van der Waals surface area contributed by atoms with E-state index in [4.69, 9.17) is 16.7 Å². The maximum atomic E-state index is 12.1. The van der Waals surface area contributed by atoms with E-state index >= 15 is 0 Å². The number of aromatic nitrogens is 2. The molecule has 2 atom stereocenters. The first-order valence-corrected chi connectivity index (χ1v) is 6.13. The van der Waals surface area contributed by atoms with Gasteiger partial charge in [0.25, 0.3) is 0 Å². The predicted molar refractivity (Wildman–Crippen MR) is 68.7 cm³/mol. The molecule has 1 aliphatic carbocycles. The standard InChI is InChI=1S/C12H12ClN3O3/c13-12-14-6-5-9(16-12)15-10(17)7-3-1-2-4-8(7)11(18)19/h1-2,5-8H,3-4H2,(H,18,19)(H,14,15,16,17). The molecule has 0 aliphatic heterocycles. The molecule has 0 fully saturated rings. The summed E-state index contributed by atoms with van der Waals surface area (Å²) in [6.07, 6.45) is 5.78. The van der Waals surface area contributed by atoms with Gasteiger partial charge in [-0.15, -0.1) is 0 Å². The molecule has 0 saturated carbocycles. The van der Waals surface area contributed by atoms with Crippen molar-refractivity contribution in [3.8, 4) is 0 Å². The van der Waals surface area contributed by atoms with Crippen molar-refractivity contribution < 1.29 is 14.7 Å². The van der Waals surface area contributed by atoms with Crippen LogP contribution in [0.4, 0.5) is 5.82 Å². The average molecular weight is 282 g/mol. The molecule has 0 bridgehead atoms. The number of nitrogens with one attached hydrogen (secondary N) is 1. The highest BCUT2D eigenvalue weighted by atomic mass is 35.5. The number of hydrogen-bond acceptors (Lipinski definition) is 4. The third-order valence-corrected chi connectivity index (χ3v) is 3.15. The van der Waals surface area contributed by atoms with Gasteiger partial charge in [0.1, 0.15) is 5.82 Å². The van der Waals surface area contributed by atoms with Gasteiger partial charge in [-0.25, -0.2) is 9.97 Å². The Morgan fingerprint density at radius 3 is 2.63 bits per heavy atom. The molecule has 2 N–H and O–H groups in total. The van der Waals surface area contributed by atoms with Gasteiger partial charge in [0, 0.05) is 6.20 Å². The summed E-state index contributed by atoms with van der Waals surface area (Å²) in [5, 5.41) is 11.7. The molecule has 100 valence electrons. The number of nitrogens with zero attached hydrogens (tertiary/aromatic N) is 2. The third kappa shape index (κ3) is 3.29. The predicted octanol–water partition coefficient (Wildman–Crippen LogP) is 1.74. The molecule has 2 rings (SSSR count). The summed E-state index contributed by atoms with van der Waals surface area (Å²) in [5.41, 5.74) is 0. The van der Waals surface area contributed by atoms with Crippen LogP contribution in [0.25, 0.3) is 0 Å². The molecule has 7 heteroatoms. The first kappa shape index (κ1) is 13.5. The second kappa shape index (κ2) is 5.79. The van der Waals surface area contributed by atoms with Crippen LogP contribution in [0.1, 0.15) is 12.8 Å². The molecule has 0 spiro atoms.